The molecule has 2 saturated heterocycles. The van der Waals surface area contributed by atoms with E-state index >= 15 is 0 Å². The standard InChI is InChI=1S/C26H44N4O2.HI/c1-21-15-22(2)18-30(17-21)19-24-7-5-23(6-8-24)16-29-26(27-3)28-11-4-12-32-20-25-9-13-31-14-10-25;/h5-8,21-22,25H,4,9-20H2,1-3H3,(H2,27,28,29);1H. The van der Waals surface area contributed by atoms with Gasteiger partial charge in [0.05, 0.1) is 0 Å². The fourth-order valence-corrected chi connectivity index (χ4v) is 4.89. The summed E-state index contributed by atoms with van der Waals surface area (Å²) in [6.07, 6.45) is 4.60. The summed E-state index contributed by atoms with van der Waals surface area (Å²) in [6.45, 7) is 13.3. The van der Waals surface area contributed by atoms with Crippen LogP contribution < -0.4 is 10.6 Å². The smallest absolute Gasteiger partial charge is 0.191 e. The van der Waals surface area contributed by atoms with Gasteiger partial charge in [-0.05, 0) is 54.6 Å². The van der Waals surface area contributed by atoms with Crippen molar-refractivity contribution in [3.63, 3.8) is 0 Å². The third-order valence-corrected chi connectivity index (χ3v) is 6.51. The monoisotopic (exact) mass is 572 g/mol. The molecule has 33 heavy (non-hydrogen) atoms. The van der Waals surface area contributed by atoms with Crippen LogP contribution in [0.5, 0.6) is 0 Å². The Labute approximate surface area is 218 Å². The maximum atomic E-state index is 5.84. The Kier molecular flexibility index (Phi) is 13.7. The highest BCUT2D eigenvalue weighted by Gasteiger charge is 2.21. The highest BCUT2D eigenvalue weighted by molar-refractivity contribution is 14.0. The molecule has 2 fully saturated rings. The first-order chi connectivity index (χ1) is 15.6. The molecular formula is C26H45IN4O2. The quantitative estimate of drug-likeness (QED) is 0.190. The lowest BCUT2D eigenvalue weighted by atomic mass is 9.91. The van der Waals surface area contributed by atoms with Crippen LogP contribution in [0.4, 0.5) is 0 Å². The molecule has 1 aromatic rings. The molecule has 6 nitrogen and oxygen atoms in total. The van der Waals surface area contributed by atoms with Crippen LogP contribution in [0.3, 0.4) is 0 Å². The SMILES string of the molecule is CN=C(NCCCOCC1CCOCC1)NCc1ccc(CN2CC(C)CC(C)C2)cc1.I. The van der Waals surface area contributed by atoms with Gasteiger partial charge in [0, 0.05) is 66.2 Å². The number of hydrogen-bond donors (Lipinski definition) is 2. The van der Waals surface area contributed by atoms with Gasteiger partial charge in [0.1, 0.15) is 0 Å². The summed E-state index contributed by atoms with van der Waals surface area (Å²) in [5, 5.41) is 6.80. The number of likely N-dealkylation sites (tertiary alicyclic amines) is 1. The molecule has 0 aliphatic carbocycles. The van der Waals surface area contributed by atoms with Crippen molar-refractivity contribution >= 4 is 29.9 Å². The fraction of sp³-hybridized carbons (Fsp3) is 0.731. The summed E-state index contributed by atoms with van der Waals surface area (Å²) in [5.74, 6) is 3.12. The van der Waals surface area contributed by atoms with Crippen molar-refractivity contribution in [2.24, 2.45) is 22.7 Å². The second-order valence-corrected chi connectivity index (χ2v) is 9.79. The Hall–Kier alpha value is -0.900. The molecule has 188 valence electrons. The number of ether oxygens (including phenoxy) is 2. The number of piperidine rings is 1. The average Bonchev–Trinajstić information content (AvgIpc) is 2.79. The summed E-state index contributed by atoms with van der Waals surface area (Å²) in [5.41, 5.74) is 2.68. The van der Waals surface area contributed by atoms with Gasteiger partial charge in [0.2, 0.25) is 0 Å². The van der Waals surface area contributed by atoms with Gasteiger partial charge < -0.3 is 20.1 Å². The molecule has 2 heterocycles. The lowest BCUT2D eigenvalue weighted by Gasteiger charge is -2.35. The van der Waals surface area contributed by atoms with Crippen LogP contribution in [-0.2, 0) is 22.6 Å². The summed E-state index contributed by atoms with van der Waals surface area (Å²) in [4.78, 5) is 6.94. The predicted molar refractivity (Wildman–Crippen MR) is 147 cm³/mol. The molecule has 7 heteroatoms. The molecule has 0 aromatic heterocycles. The van der Waals surface area contributed by atoms with E-state index in [-0.39, 0.29) is 24.0 Å². The molecular weight excluding hydrogens is 527 g/mol. The summed E-state index contributed by atoms with van der Waals surface area (Å²) in [7, 11) is 1.82. The van der Waals surface area contributed by atoms with E-state index in [2.05, 4.69) is 58.6 Å². The normalized spacial score (nSPS) is 22.6. The predicted octanol–water partition coefficient (Wildman–Crippen LogP) is 4.28. The lowest BCUT2D eigenvalue weighted by Crippen LogP contribution is -2.38. The van der Waals surface area contributed by atoms with E-state index in [1.807, 2.05) is 7.05 Å². The molecule has 0 saturated carbocycles. The van der Waals surface area contributed by atoms with E-state index in [1.54, 1.807) is 0 Å². The minimum Gasteiger partial charge on any atom is -0.381 e. The Morgan fingerprint density at radius 3 is 2.39 bits per heavy atom. The van der Waals surface area contributed by atoms with Crippen molar-refractivity contribution in [3.8, 4) is 0 Å². The van der Waals surface area contributed by atoms with E-state index in [0.717, 1.165) is 83.1 Å². The lowest BCUT2D eigenvalue weighted by molar-refractivity contribution is 0.0203. The van der Waals surface area contributed by atoms with E-state index in [9.17, 15) is 0 Å². The first-order valence-corrected chi connectivity index (χ1v) is 12.5. The molecule has 3 rings (SSSR count). The number of hydrogen-bond acceptors (Lipinski definition) is 4. The van der Waals surface area contributed by atoms with Gasteiger partial charge in [0.15, 0.2) is 5.96 Å². The Balaban J connectivity index is 0.00000385. The van der Waals surface area contributed by atoms with Crippen LogP contribution >= 0.6 is 24.0 Å². The van der Waals surface area contributed by atoms with E-state index in [1.165, 1.54) is 30.6 Å². The van der Waals surface area contributed by atoms with Gasteiger partial charge in [-0.15, -0.1) is 24.0 Å². The van der Waals surface area contributed by atoms with Crippen molar-refractivity contribution in [2.45, 2.75) is 52.6 Å². The minimum absolute atomic E-state index is 0. The van der Waals surface area contributed by atoms with Crippen LogP contribution in [0, 0.1) is 17.8 Å². The van der Waals surface area contributed by atoms with Gasteiger partial charge in [-0.2, -0.15) is 0 Å². The molecule has 1 aromatic carbocycles. The zero-order chi connectivity index (χ0) is 22.6. The van der Waals surface area contributed by atoms with E-state index in [0.29, 0.717) is 5.92 Å². The third kappa shape index (κ3) is 10.9. The number of halogens is 1. The molecule has 2 N–H and O–H groups in total. The number of nitrogens with one attached hydrogen (secondary N) is 2. The highest BCUT2D eigenvalue weighted by Crippen LogP contribution is 2.22. The fourth-order valence-electron chi connectivity index (χ4n) is 4.89. The number of guanidine groups is 1. The van der Waals surface area contributed by atoms with Crippen molar-refractivity contribution in [1.82, 2.24) is 15.5 Å². The zero-order valence-electron chi connectivity index (χ0n) is 20.9. The summed E-state index contributed by atoms with van der Waals surface area (Å²) >= 11 is 0. The topological polar surface area (TPSA) is 58.1 Å². The van der Waals surface area contributed by atoms with Crippen LogP contribution in [0.15, 0.2) is 29.3 Å². The number of benzene rings is 1. The van der Waals surface area contributed by atoms with Crippen LogP contribution in [-0.4, -0.2) is 64.0 Å². The first-order valence-electron chi connectivity index (χ1n) is 12.5. The van der Waals surface area contributed by atoms with Gasteiger partial charge in [-0.3, -0.25) is 9.89 Å². The summed E-state index contributed by atoms with van der Waals surface area (Å²) < 4.78 is 11.2. The van der Waals surface area contributed by atoms with Crippen molar-refractivity contribution in [2.75, 3.05) is 53.1 Å². The van der Waals surface area contributed by atoms with E-state index < -0.39 is 0 Å². The van der Waals surface area contributed by atoms with Gasteiger partial charge >= 0.3 is 0 Å². The van der Waals surface area contributed by atoms with Gasteiger partial charge in [0.25, 0.3) is 0 Å². The maximum absolute atomic E-state index is 5.84. The Morgan fingerprint density at radius 2 is 1.73 bits per heavy atom. The van der Waals surface area contributed by atoms with E-state index in [4.69, 9.17) is 9.47 Å². The molecule has 0 radical (unpaired) electrons. The Bertz CT molecular complexity index is 669. The summed E-state index contributed by atoms with van der Waals surface area (Å²) in [6, 6.07) is 9.01. The van der Waals surface area contributed by atoms with Crippen molar-refractivity contribution < 1.29 is 9.47 Å². The van der Waals surface area contributed by atoms with Crippen LogP contribution in [0.25, 0.3) is 0 Å². The Morgan fingerprint density at radius 1 is 1.06 bits per heavy atom. The molecule has 2 aliphatic heterocycles. The molecule has 0 spiro atoms. The molecule has 2 unspecified atom stereocenters. The number of aliphatic imine (C=N–C) groups is 1. The molecule has 2 aliphatic rings. The van der Waals surface area contributed by atoms with Crippen molar-refractivity contribution in [1.29, 1.82) is 0 Å². The second-order valence-electron chi connectivity index (χ2n) is 9.79. The van der Waals surface area contributed by atoms with Crippen LogP contribution in [0.2, 0.25) is 0 Å². The third-order valence-electron chi connectivity index (χ3n) is 6.51. The number of rotatable bonds is 10. The average molecular weight is 573 g/mol. The molecule has 0 bridgehead atoms. The van der Waals surface area contributed by atoms with Crippen LogP contribution in [0.1, 0.15) is 50.7 Å². The first kappa shape index (κ1) is 28.3. The molecule has 2 atom stereocenters. The maximum Gasteiger partial charge on any atom is 0.191 e. The largest absolute Gasteiger partial charge is 0.381 e. The number of nitrogens with zero attached hydrogens (tertiary/aromatic N) is 2. The molecule has 0 amide bonds. The zero-order valence-corrected chi connectivity index (χ0v) is 23.2. The van der Waals surface area contributed by atoms with Gasteiger partial charge in [-0.1, -0.05) is 38.1 Å². The van der Waals surface area contributed by atoms with Crippen molar-refractivity contribution in [3.05, 3.63) is 35.4 Å². The minimum atomic E-state index is 0. The highest BCUT2D eigenvalue weighted by atomic mass is 127. The second kappa shape index (κ2) is 15.9. The van der Waals surface area contributed by atoms with Gasteiger partial charge in [-0.25, -0.2) is 0 Å².